The molecule has 4 nitrogen and oxygen atoms in total. The molecule has 7 heteroatoms. The molecule has 1 heterocycles. The van der Waals surface area contributed by atoms with Crippen LogP contribution in [0.5, 0.6) is 0 Å². The zero-order chi connectivity index (χ0) is 15.5. The van der Waals surface area contributed by atoms with Crippen LogP contribution in [0.4, 0.5) is 5.69 Å². The van der Waals surface area contributed by atoms with Crippen molar-refractivity contribution in [1.29, 1.82) is 0 Å². The van der Waals surface area contributed by atoms with Gasteiger partial charge in [0.15, 0.2) is 0 Å². The van der Waals surface area contributed by atoms with Crippen molar-refractivity contribution >= 4 is 38.6 Å². The Morgan fingerprint density at radius 3 is 2.62 bits per heavy atom. The van der Waals surface area contributed by atoms with E-state index in [9.17, 15) is 8.42 Å². The molecule has 114 valence electrons. The van der Waals surface area contributed by atoms with Crippen molar-refractivity contribution in [1.82, 2.24) is 5.32 Å². The number of anilines is 1. The summed E-state index contributed by atoms with van der Waals surface area (Å²) in [7, 11) is -3.58. The molecule has 0 radical (unpaired) electrons. The van der Waals surface area contributed by atoms with Crippen molar-refractivity contribution in [2.45, 2.75) is 30.6 Å². The Hall–Kier alpha value is -1.08. The third-order valence-corrected chi connectivity index (χ3v) is 5.81. The van der Waals surface area contributed by atoms with Crippen LogP contribution in [0.3, 0.4) is 0 Å². The second kappa shape index (κ2) is 6.79. The van der Waals surface area contributed by atoms with Crippen molar-refractivity contribution in [2.75, 3.05) is 4.72 Å². The summed E-state index contributed by atoms with van der Waals surface area (Å²) in [6, 6.07) is 10.8. The van der Waals surface area contributed by atoms with Crippen LogP contribution in [0.1, 0.15) is 19.4 Å². The SMILES string of the molecule is CC(C)NCc1cccc(NS(=O)(=O)c2ccc(Cl)s2)c1. The Balaban J connectivity index is 2.14. The number of sulfonamides is 1. The standard InChI is InChI=1S/C14H17ClN2O2S2/c1-10(2)16-9-11-4-3-5-12(8-11)17-21(18,19)14-7-6-13(15)20-14/h3-8,10,16-17H,9H2,1-2H3. The second-order valence-corrected chi connectivity index (χ2v) is 8.52. The van der Waals surface area contributed by atoms with Gasteiger partial charge in [-0.25, -0.2) is 8.42 Å². The summed E-state index contributed by atoms with van der Waals surface area (Å²) in [4.78, 5) is 0. The average Bonchev–Trinajstić information content (AvgIpc) is 2.84. The van der Waals surface area contributed by atoms with Gasteiger partial charge in [0, 0.05) is 18.3 Å². The van der Waals surface area contributed by atoms with Crippen LogP contribution < -0.4 is 10.0 Å². The van der Waals surface area contributed by atoms with Crippen molar-refractivity contribution in [3.63, 3.8) is 0 Å². The molecular formula is C14H17ClN2O2S2. The van der Waals surface area contributed by atoms with Gasteiger partial charge in [-0.3, -0.25) is 4.72 Å². The first kappa shape index (κ1) is 16.3. The maximum absolute atomic E-state index is 12.2. The molecule has 1 aromatic carbocycles. The highest BCUT2D eigenvalue weighted by Gasteiger charge is 2.16. The summed E-state index contributed by atoms with van der Waals surface area (Å²) < 4.78 is 27.7. The van der Waals surface area contributed by atoms with Gasteiger partial charge < -0.3 is 5.32 Å². The van der Waals surface area contributed by atoms with E-state index in [-0.39, 0.29) is 4.21 Å². The van der Waals surface area contributed by atoms with Crippen LogP contribution in [0.25, 0.3) is 0 Å². The average molecular weight is 345 g/mol. The molecule has 0 aliphatic heterocycles. The number of thiophene rings is 1. The summed E-state index contributed by atoms with van der Waals surface area (Å²) in [5.41, 5.74) is 1.57. The normalized spacial score (nSPS) is 11.8. The van der Waals surface area contributed by atoms with Gasteiger partial charge in [-0.15, -0.1) is 11.3 Å². The Labute approximate surface area is 134 Å². The maximum atomic E-state index is 12.2. The van der Waals surface area contributed by atoms with Gasteiger partial charge in [-0.05, 0) is 29.8 Å². The fourth-order valence-corrected chi connectivity index (χ4v) is 4.25. The molecule has 0 bridgehead atoms. The van der Waals surface area contributed by atoms with E-state index in [0.29, 0.717) is 22.6 Å². The molecule has 0 unspecified atom stereocenters. The minimum Gasteiger partial charge on any atom is -0.310 e. The topological polar surface area (TPSA) is 58.2 Å². The Morgan fingerprint density at radius 1 is 1.24 bits per heavy atom. The Bertz CT molecular complexity index is 711. The van der Waals surface area contributed by atoms with Crippen LogP contribution >= 0.6 is 22.9 Å². The summed E-state index contributed by atoms with van der Waals surface area (Å²) in [5, 5.41) is 3.29. The first-order valence-corrected chi connectivity index (χ1v) is 9.15. The van der Waals surface area contributed by atoms with Crippen molar-refractivity contribution < 1.29 is 8.42 Å². The molecule has 0 spiro atoms. The van der Waals surface area contributed by atoms with Gasteiger partial charge in [0.25, 0.3) is 10.0 Å². The van der Waals surface area contributed by atoms with Gasteiger partial charge in [-0.1, -0.05) is 37.6 Å². The molecule has 1 aromatic heterocycles. The molecule has 2 N–H and O–H groups in total. The van der Waals surface area contributed by atoms with E-state index in [1.54, 1.807) is 12.1 Å². The first-order chi connectivity index (χ1) is 9.87. The van der Waals surface area contributed by atoms with E-state index in [4.69, 9.17) is 11.6 Å². The molecule has 0 aliphatic rings. The van der Waals surface area contributed by atoms with E-state index in [0.717, 1.165) is 16.9 Å². The maximum Gasteiger partial charge on any atom is 0.271 e. The zero-order valence-electron chi connectivity index (χ0n) is 11.8. The quantitative estimate of drug-likeness (QED) is 0.840. The van der Waals surface area contributed by atoms with Gasteiger partial charge in [-0.2, -0.15) is 0 Å². The van der Waals surface area contributed by atoms with Gasteiger partial charge >= 0.3 is 0 Å². The van der Waals surface area contributed by atoms with Crippen LogP contribution in [0.2, 0.25) is 4.34 Å². The molecule has 2 aromatic rings. The highest BCUT2D eigenvalue weighted by molar-refractivity contribution is 7.94. The monoisotopic (exact) mass is 344 g/mol. The van der Waals surface area contributed by atoms with Crippen molar-refractivity contribution in [2.24, 2.45) is 0 Å². The van der Waals surface area contributed by atoms with Crippen LogP contribution in [-0.2, 0) is 16.6 Å². The van der Waals surface area contributed by atoms with Gasteiger partial charge in [0.05, 0.1) is 4.34 Å². The fourth-order valence-electron chi connectivity index (χ4n) is 1.71. The van der Waals surface area contributed by atoms with Crippen LogP contribution in [0, 0.1) is 0 Å². The summed E-state index contributed by atoms with van der Waals surface area (Å²) in [6.45, 7) is 4.82. The molecule has 0 saturated heterocycles. The predicted octanol–water partition coefficient (Wildman–Crippen LogP) is 3.70. The molecule has 0 aliphatic carbocycles. The largest absolute Gasteiger partial charge is 0.310 e. The lowest BCUT2D eigenvalue weighted by atomic mass is 10.2. The van der Waals surface area contributed by atoms with Gasteiger partial charge in [0.2, 0.25) is 0 Å². The number of rotatable bonds is 6. The molecule has 0 atom stereocenters. The smallest absolute Gasteiger partial charge is 0.271 e. The first-order valence-electron chi connectivity index (χ1n) is 6.47. The number of hydrogen-bond donors (Lipinski definition) is 2. The minimum absolute atomic E-state index is 0.207. The number of nitrogens with one attached hydrogen (secondary N) is 2. The van der Waals surface area contributed by atoms with E-state index in [2.05, 4.69) is 23.9 Å². The summed E-state index contributed by atoms with van der Waals surface area (Å²) >= 11 is 6.82. The van der Waals surface area contributed by atoms with Crippen LogP contribution in [0.15, 0.2) is 40.6 Å². The van der Waals surface area contributed by atoms with E-state index >= 15 is 0 Å². The van der Waals surface area contributed by atoms with Gasteiger partial charge in [0.1, 0.15) is 4.21 Å². The summed E-state index contributed by atoms with van der Waals surface area (Å²) in [6.07, 6.45) is 0. The lowest BCUT2D eigenvalue weighted by Gasteiger charge is -2.10. The number of hydrogen-bond acceptors (Lipinski definition) is 4. The van der Waals surface area contributed by atoms with Crippen LogP contribution in [-0.4, -0.2) is 14.5 Å². The highest BCUT2D eigenvalue weighted by atomic mass is 35.5. The molecular weight excluding hydrogens is 328 g/mol. The molecule has 21 heavy (non-hydrogen) atoms. The third kappa shape index (κ3) is 4.71. The highest BCUT2D eigenvalue weighted by Crippen LogP contribution is 2.27. The Morgan fingerprint density at radius 2 is 2.00 bits per heavy atom. The van der Waals surface area contributed by atoms with E-state index < -0.39 is 10.0 Å². The Kier molecular flexibility index (Phi) is 5.27. The molecule has 0 saturated carbocycles. The number of benzene rings is 1. The predicted molar refractivity (Wildman–Crippen MR) is 88.6 cm³/mol. The fraction of sp³-hybridized carbons (Fsp3) is 0.286. The molecule has 0 fully saturated rings. The zero-order valence-corrected chi connectivity index (χ0v) is 14.1. The third-order valence-electron chi connectivity index (χ3n) is 2.71. The lowest BCUT2D eigenvalue weighted by molar-refractivity contribution is 0.589. The van der Waals surface area contributed by atoms with E-state index in [1.807, 2.05) is 18.2 Å². The molecule has 0 amide bonds. The second-order valence-electron chi connectivity index (χ2n) is 4.90. The summed E-state index contributed by atoms with van der Waals surface area (Å²) in [5.74, 6) is 0. The molecule has 2 rings (SSSR count). The van der Waals surface area contributed by atoms with E-state index in [1.165, 1.54) is 6.07 Å². The van der Waals surface area contributed by atoms with Crippen molar-refractivity contribution in [3.8, 4) is 0 Å². The van der Waals surface area contributed by atoms with Crippen molar-refractivity contribution in [3.05, 3.63) is 46.3 Å². The number of halogens is 1. The lowest BCUT2D eigenvalue weighted by Crippen LogP contribution is -2.21. The minimum atomic E-state index is -3.58.